The molecule has 2 aromatic rings. The third kappa shape index (κ3) is 2.73. The molecular weight excluding hydrogens is 276 g/mol. The summed E-state index contributed by atoms with van der Waals surface area (Å²) in [6.45, 7) is 2.00. The zero-order chi connectivity index (χ0) is 13.2. The van der Waals surface area contributed by atoms with E-state index < -0.39 is 5.91 Å². The van der Waals surface area contributed by atoms with Gasteiger partial charge in [0.25, 0.3) is 5.91 Å². The molecule has 0 atom stereocenters. The van der Waals surface area contributed by atoms with Crippen molar-refractivity contribution in [3.63, 3.8) is 0 Å². The smallest absolute Gasteiger partial charge is 0.250 e. The molecule has 20 heavy (non-hydrogen) atoms. The number of para-hydroxylation sites is 1. The maximum absolute atomic E-state index is 11.4. The number of nitrogens with one attached hydrogen (secondary N) is 1. The van der Waals surface area contributed by atoms with E-state index in [1.807, 2.05) is 12.3 Å². The summed E-state index contributed by atoms with van der Waals surface area (Å²) in [7, 11) is 0. The van der Waals surface area contributed by atoms with E-state index >= 15 is 0 Å². The van der Waals surface area contributed by atoms with Crippen LogP contribution in [0.2, 0.25) is 0 Å². The van der Waals surface area contributed by atoms with Gasteiger partial charge in [-0.15, -0.1) is 12.4 Å². The second-order valence-electron chi connectivity index (χ2n) is 4.86. The fourth-order valence-corrected chi connectivity index (χ4v) is 2.56. The van der Waals surface area contributed by atoms with E-state index in [4.69, 9.17) is 5.73 Å². The number of carbonyl (C=O) groups is 1. The second-order valence-corrected chi connectivity index (χ2v) is 4.86. The number of amides is 1. The van der Waals surface area contributed by atoms with Crippen LogP contribution in [0, 0.1) is 0 Å². The van der Waals surface area contributed by atoms with Crippen molar-refractivity contribution in [3.05, 3.63) is 35.7 Å². The van der Waals surface area contributed by atoms with Crippen LogP contribution in [0.5, 0.6) is 0 Å². The molecule has 1 aliphatic heterocycles. The minimum atomic E-state index is -0.456. The number of aromatic nitrogens is 2. The standard InChI is InChI=1S/C14H16N4O.ClH/c15-14(19)10-2-1-3-11-13(10)18-12(8-17-11)9-4-6-16-7-5-9;/h1-3,8-9,16H,4-7H2,(H2,15,19);1H. The number of nitrogens with two attached hydrogens (primary N) is 1. The van der Waals surface area contributed by atoms with Gasteiger partial charge in [0, 0.05) is 12.1 Å². The van der Waals surface area contributed by atoms with Crippen molar-refractivity contribution < 1.29 is 4.79 Å². The Kier molecular flexibility index (Phi) is 4.52. The monoisotopic (exact) mass is 292 g/mol. The van der Waals surface area contributed by atoms with Crippen molar-refractivity contribution >= 4 is 29.3 Å². The average molecular weight is 293 g/mol. The molecule has 3 rings (SSSR count). The number of nitrogens with zero attached hydrogens (tertiary/aromatic N) is 2. The molecule has 1 aromatic carbocycles. The molecule has 0 radical (unpaired) electrons. The van der Waals surface area contributed by atoms with E-state index in [0.29, 0.717) is 22.5 Å². The number of benzene rings is 1. The Balaban J connectivity index is 0.00000147. The van der Waals surface area contributed by atoms with Crippen LogP contribution >= 0.6 is 12.4 Å². The lowest BCUT2D eigenvalue weighted by Gasteiger charge is -2.22. The quantitative estimate of drug-likeness (QED) is 0.881. The number of fused-ring (bicyclic) bond motifs is 1. The molecule has 3 N–H and O–H groups in total. The van der Waals surface area contributed by atoms with Gasteiger partial charge in [0.15, 0.2) is 0 Å². The van der Waals surface area contributed by atoms with Gasteiger partial charge in [-0.2, -0.15) is 0 Å². The summed E-state index contributed by atoms with van der Waals surface area (Å²) < 4.78 is 0. The molecule has 0 unspecified atom stereocenters. The van der Waals surface area contributed by atoms with Gasteiger partial charge in [-0.25, -0.2) is 4.98 Å². The minimum Gasteiger partial charge on any atom is -0.366 e. The summed E-state index contributed by atoms with van der Waals surface area (Å²) >= 11 is 0. The first-order chi connectivity index (χ1) is 9.25. The lowest BCUT2D eigenvalue weighted by Crippen LogP contribution is -2.27. The summed E-state index contributed by atoms with van der Waals surface area (Å²) in [5, 5.41) is 3.33. The molecule has 1 saturated heterocycles. The van der Waals surface area contributed by atoms with E-state index in [0.717, 1.165) is 31.6 Å². The number of carbonyl (C=O) groups excluding carboxylic acids is 1. The van der Waals surface area contributed by atoms with Crippen molar-refractivity contribution in [2.24, 2.45) is 5.73 Å². The Hall–Kier alpha value is -1.72. The zero-order valence-electron chi connectivity index (χ0n) is 11.0. The molecule has 2 heterocycles. The lowest BCUT2D eigenvalue weighted by atomic mass is 9.95. The van der Waals surface area contributed by atoms with Crippen LogP contribution in [0.4, 0.5) is 0 Å². The summed E-state index contributed by atoms with van der Waals surface area (Å²) in [6, 6.07) is 5.33. The Morgan fingerprint density at radius 3 is 2.75 bits per heavy atom. The normalized spacial score (nSPS) is 15.8. The SMILES string of the molecule is Cl.NC(=O)c1cccc2ncc(C3CCNCC3)nc12. The van der Waals surface area contributed by atoms with Gasteiger partial charge in [0.2, 0.25) is 0 Å². The Labute approximate surface area is 123 Å². The molecule has 106 valence electrons. The first-order valence-corrected chi connectivity index (χ1v) is 6.52. The second kappa shape index (κ2) is 6.15. The van der Waals surface area contributed by atoms with E-state index in [-0.39, 0.29) is 12.4 Å². The number of rotatable bonds is 2. The van der Waals surface area contributed by atoms with Gasteiger partial charge >= 0.3 is 0 Å². The van der Waals surface area contributed by atoms with Crippen LogP contribution in [-0.2, 0) is 0 Å². The van der Waals surface area contributed by atoms with Gasteiger partial charge in [0.1, 0.15) is 5.52 Å². The summed E-state index contributed by atoms with van der Waals surface area (Å²) in [5.74, 6) is -0.0403. The Morgan fingerprint density at radius 1 is 1.30 bits per heavy atom. The molecule has 1 fully saturated rings. The van der Waals surface area contributed by atoms with E-state index in [1.165, 1.54) is 0 Å². The van der Waals surface area contributed by atoms with Crippen molar-refractivity contribution in [1.82, 2.24) is 15.3 Å². The predicted octanol–water partition coefficient (Wildman–Crippen LogP) is 1.62. The van der Waals surface area contributed by atoms with Gasteiger partial charge in [-0.05, 0) is 38.1 Å². The number of primary amides is 1. The van der Waals surface area contributed by atoms with Gasteiger partial charge in [0.05, 0.1) is 16.8 Å². The van der Waals surface area contributed by atoms with Crippen molar-refractivity contribution in [1.29, 1.82) is 0 Å². The van der Waals surface area contributed by atoms with E-state index in [9.17, 15) is 4.79 Å². The Bertz CT molecular complexity index is 626. The molecule has 0 bridgehead atoms. The highest BCUT2D eigenvalue weighted by atomic mass is 35.5. The summed E-state index contributed by atoms with van der Waals surface area (Å²) in [6.07, 6.45) is 3.93. The van der Waals surface area contributed by atoms with Crippen LogP contribution in [0.25, 0.3) is 11.0 Å². The zero-order valence-corrected chi connectivity index (χ0v) is 11.8. The molecule has 1 aliphatic rings. The largest absolute Gasteiger partial charge is 0.366 e. The number of piperidine rings is 1. The maximum atomic E-state index is 11.4. The van der Waals surface area contributed by atoms with E-state index in [2.05, 4.69) is 15.3 Å². The highest BCUT2D eigenvalue weighted by molar-refractivity contribution is 6.03. The fraction of sp³-hybridized carbons (Fsp3) is 0.357. The first-order valence-electron chi connectivity index (χ1n) is 6.52. The first kappa shape index (κ1) is 14.7. The summed E-state index contributed by atoms with van der Waals surface area (Å²) in [4.78, 5) is 20.5. The van der Waals surface area contributed by atoms with Gasteiger partial charge < -0.3 is 11.1 Å². The van der Waals surface area contributed by atoms with Crippen molar-refractivity contribution in [2.45, 2.75) is 18.8 Å². The van der Waals surface area contributed by atoms with Crippen molar-refractivity contribution in [3.8, 4) is 0 Å². The van der Waals surface area contributed by atoms with Crippen LogP contribution in [-0.4, -0.2) is 29.0 Å². The van der Waals surface area contributed by atoms with Crippen LogP contribution in [0.1, 0.15) is 34.8 Å². The van der Waals surface area contributed by atoms with Gasteiger partial charge in [-0.1, -0.05) is 6.07 Å². The average Bonchev–Trinajstić information content (AvgIpc) is 2.47. The van der Waals surface area contributed by atoms with E-state index in [1.54, 1.807) is 12.1 Å². The number of hydrogen-bond donors (Lipinski definition) is 2. The molecule has 0 saturated carbocycles. The van der Waals surface area contributed by atoms with Crippen LogP contribution in [0.15, 0.2) is 24.4 Å². The molecule has 0 aliphatic carbocycles. The third-order valence-electron chi connectivity index (χ3n) is 3.61. The molecule has 1 amide bonds. The molecule has 1 aromatic heterocycles. The number of halogens is 1. The fourth-order valence-electron chi connectivity index (χ4n) is 2.56. The highest BCUT2D eigenvalue weighted by Gasteiger charge is 2.18. The summed E-state index contributed by atoms with van der Waals surface area (Å²) in [5.41, 5.74) is 8.13. The minimum absolute atomic E-state index is 0. The lowest BCUT2D eigenvalue weighted by molar-refractivity contribution is 0.100. The maximum Gasteiger partial charge on any atom is 0.250 e. The van der Waals surface area contributed by atoms with Gasteiger partial charge in [-0.3, -0.25) is 9.78 Å². The Morgan fingerprint density at radius 2 is 2.05 bits per heavy atom. The molecule has 0 spiro atoms. The highest BCUT2D eigenvalue weighted by Crippen LogP contribution is 2.25. The molecule has 5 nitrogen and oxygen atoms in total. The predicted molar refractivity (Wildman–Crippen MR) is 80.1 cm³/mol. The van der Waals surface area contributed by atoms with Crippen LogP contribution in [0.3, 0.4) is 0 Å². The van der Waals surface area contributed by atoms with Crippen LogP contribution < -0.4 is 11.1 Å². The number of hydrogen-bond acceptors (Lipinski definition) is 4. The molecular formula is C14H17ClN4O. The third-order valence-corrected chi connectivity index (χ3v) is 3.61. The van der Waals surface area contributed by atoms with Crippen molar-refractivity contribution in [2.75, 3.05) is 13.1 Å². The molecule has 6 heteroatoms. The topological polar surface area (TPSA) is 80.9 Å².